The fourth-order valence-electron chi connectivity index (χ4n) is 3.67. The first-order chi connectivity index (χ1) is 12.6. The van der Waals surface area contributed by atoms with Crippen LogP contribution in [0.4, 0.5) is 11.5 Å². The molecular weight excluding hydrogens is 338 g/mol. The number of aromatic nitrogens is 2. The highest BCUT2D eigenvalue weighted by molar-refractivity contribution is 5.61. The molecule has 0 radical (unpaired) electrons. The van der Waals surface area contributed by atoms with E-state index in [0.717, 1.165) is 39.1 Å². The molecule has 0 saturated carbocycles. The standard InChI is InChI=1S/C17H21N5O4/c23-17-15(22(24)25)16(18-14-5-1-2-6-21(14)17)20-9-7-19(8-10-20)12-13-4-3-11-26-13/h1-2,5-6,13H,3-4,7-12H2. The molecule has 4 heterocycles. The number of nitro groups is 1. The Bertz CT molecular complexity index is 869. The molecule has 4 rings (SSSR count). The molecule has 2 aliphatic heterocycles. The van der Waals surface area contributed by atoms with E-state index in [4.69, 9.17) is 4.74 Å². The quantitative estimate of drug-likeness (QED) is 0.591. The molecule has 9 nitrogen and oxygen atoms in total. The van der Waals surface area contributed by atoms with Crippen molar-refractivity contribution in [2.75, 3.05) is 44.2 Å². The fraction of sp³-hybridized carbons (Fsp3) is 0.529. The van der Waals surface area contributed by atoms with E-state index >= 15 is 0 Å². The Morgan fingerprint density at radius 1 is 1.27 bits per heavy atom. The van der Waals surface area contributed by atoms with Crippen LogP contribution in [0.25, 0.3) is 5.65 Å². The predicted octanol–water partition coefficient (Wildman–Crippen LogP) is 0.904. The predicted molar refractivity (Wildman–Crippen MR) is 95.7 cm³/mol. The lowest BCUT2D eigenvalue weighted by Crippen LogP contribution is -2.49. The molecule has 0 bridgehead atoms. The first-order valence-corrected chi connectivity index (χ1v) is 8.88. The molecule has 26 heavy (non-hydrogen) atoms. The number of fused-ring (bicyclic) bond motifs is 1. The summed E-state index contributed by atoms with van der Waals surface area (Å²) < 4.78 is 6.90. The van der Waals surface area contributed by atoms with Crippen LogP contribution in [0.1, 0.15) is 12.8 Å². The van der Waals surface area contributed by atoms with Crippen molar-refractivity contribution >= 4 is 17.2 Å². The minimum Gasteiger partial charge on any atom is -0.377 e. The van der Waals surface area contributed by atoms with E-state index < -0.39 is 16.2 Å². The molecule has 0 amide bonds. The minimum absolute atomic E-state index is 0.169. The Morgan fingerprint density at radius 2 is 2.08 bits per heavy atom. The molecule has 0 aromatic carbocycles. The van der Waals surface area contributed by atoms with Crippen molar-refractivity contribution in [1.29, 1.82) is 0 Å². The maximum Gasteiger partial charge on any atom is 0.376 e. The van der Waals surface area contributed by atoms with Crippen molar-refractivity contribution in [3.8, 4) is 0 Å². The van der Waals surface area contributed by atoms with Gasteiger partial charge < -0.3 is 9.64 Å². The molecular formula is C17H21N5O4. The Labute approximate surface area is 150 Å². The first-order valence-electron chi connectivity index (χ1n) is 8.88. The molecule has 2 saturated heterocycles. The topological polar surface area (TPSA) is 93.2 Å². The number of hydrogen-bond acceptors (Lipinski definition) is 7. The maximum atomic E-state index is 12.6. The van der Waals surface area contributed by atoms with Crippen molar-refractivity contribution in [3.63, 3.8) is 0 Å². The highest BCUT2D eigenvalue weighted by Gasteiger charge is 2.30. The van der Waals surface area contributed by atoms with E-state index in [9.17, 15) is 14.9 Å². The second-order valence-corrected chi connectivity index (χ2v) is 6.70. The minimum atomic E-state index is -0.641. The molecule has 138 valence electrons. The van der Waals surface area contributed by atoms with Gasteiger partial charge in [0.25, 0.3) is 0 Å². The van der Waals surface area contributed by atoms with Crippen LogP contribution in [0.2, 0.25) is 0 Å². The van der Waals surface area contributed by atoms with E-state index in [0.29, 0.717) is 24.8 Å². The highest BCUT2D eigenvalue weighted by Crippen LogP contribution is 2.24. The highest BCUT2D eigenvalue weighted by atomic mass is 16.6. The van der Waals surface area contributed by atoms with Crippen molar-refractivity contribution in [2.24, 2.45) is 0 Å². The van der Waals surface area contributed by atoms with E-state index in [-0.39, 0.29) is 5.82 Å². The summed E-state index contributed by atoms with van der Waals surface area (Å²) in [6.45, 7) is 4.47. The molecule has 2 aromatic heterocycles. The van der Waals surface area contributed by atoms with Crippen LogP contribution in [0.15, 0.2) is 29.2 Å². The average molecular weight is 359 g/mol. The summed E-state index contributed by atoms with van der Waals surface area (Å²) in [7, 11) is 0. The molecule has 2 aliphatic rings. The van der Waals surface area contributed by atoms with E-state index in [1.807, 2.05) is 4.90 Å². The van der Waals surface area contributed by atoms with Gasteiger partial charge in [0.15, 0.2) is 0 Å². The third-order valence-electron chi connectivity index (χ3n) is 5.03. The van der Waals surface area contributed by atoms with Crippen LogP contribution in [-0.4, -0.2) is 64.6 Å². The summed E-state index contributed by atoms with van der Waals surface area (Å²) in [5.74, 6) is 0.169. The molecule has 0 N–H and O–H groups in total. The lowest BCUT2D eigenvalue weighted by atomic mass is 10.2. The van der Waals surface area contributed by atoms with Gasteiger partial charge >= 0.3 is 11.2 Å². The van der Waals surface area contributed by atoms with Crippen molar-refractivity contribution < 1.29 is 9.66 Å². The number of nitrogens with zero attached hydrogens (tertiary/aromatic N) is 5. The molecule has 9 heteroatoms. The van der Waals surface area contributed by atoms with Crippen molar-refractivity contribution in [1.82, 2.24) is 14.3 Å². The van der Waals surface area contributed by atoms with Crippen LogP contribution < -0.4 is 10.5 Å². The van der Waals surface area contributed by atoms with Crippen LogP contribution in [0, 0.1) is 10.1 Å². The largest absolute Gasteiger partial charge is 0.377 e. The normalized spacial score (nSPS) is 21.4. The second kappa shape index (κ2) is 7.00. The van der Waals surface area contributed by atoms with Gasteiger partial charge in [0.05, 0.1) is 11.0 Å². The zero-order chi connectivity index (χ0) is 18.1. The monoisotopic (exact) mass is 359 g/mol. The lowest BCUT2D eigenvalue weighted by molar-refractivity contribution is -0.385. The van der Waals surface area contributed by atoms with Crippen molar-refractivity contribution in [2.45, 2.75) is 18.9 Å². The second-order valence-electron chi connectivity index (χ2n) is 6.70. The summed E-state index contributed by atoms with van der Waals surface area (Å²) in [5, 5.41) is 11.5. The lowest BCUT2D eigenvalue weighted by Gasteiger charge is -2.35. The number of pyridine rings is 1. The van der Waals surface area contributed by atoms with E-state index in [2.05, 4.69) is 9.88 Å². The molecule has 0 aliphatic carbocycles. The van der Waals surface area contributed by atoms with Gasteiger partial charge in [-0.25, -0.2) is 4.98 Å². The van der Waals surface area contributed by atoms with Crippen LogP contribution in [0.5, 0.6) is 0 Å². The van der Waals surface area contributed by atoms with Gasteiger partial charge in [0.2, 0.25) is 5.82 Å². The number of ether oxygens (including phenoxy) is 1. The molecule has 0 spiro atoms. The smallest absolute Gasteiger partial charge is 0.376 e. The van der Waals surface area contributed by atoms with Crippen molar-refractivity contribution in [3.05, 3.63) is 44.9 Å². The summed E-state index contributed by atoms with van der Waals surface area (Å²) in [5.41, 5.74) is -0.682. The summed E-state index contributed by atoms with van der Waals surface area (Å²) in [6.07, 6.45) is 4.00. The SMILES string of the molecule is O=c1c([N+](=O)[O-])c(N2CCN(CC3CCCO3)CC2)nc2ccccn12. The Hall–Kier alpha value is -2.52. The summed E-state index contributed by atoms with van der Waals surface area (Å²) in [4.78, 5) is 32.0. The number of piperazine rings is 1. The van der Waals surface area contributed by atoms with Gasteiger partial charge in [0, 0.05) is 45.5 Å². The summed E-state index contributed by atoms with van der Waals surface area (Å²) in [6, 6.07) is 5.10. The third kappa shape index (κ3) is 3.15. The molecule has 2 fully saturated rings. The van der Waals surface area contributed by atoms with Gasteiger partial charge in [-0.15, -0.1) is 0 Å². The van der Waals surface area contributed by atoms with Gasteiger partial charge in [0.1, 0.15) is 5.65 Å². The number of anilines is 1. The van der Waals surface area contributed by atoms with Gasteiger partial charge in [-0.05, 0) is 25.0 Å². The zero-order valence-corrected chi connectivity index (χ0v) is 14.4. The van der Waals surface area contributed by atoms with E-state index in [1.165, 1.54) is 10.6 Å². The third-order valence-corrected chi connectivity index (χ3v) is 5.03. The number of rotatable bonds is 4. The van der Waals surface area contributed by atoms with Gasteiger partial charge in [-0.1, -0.05) is 6.07 Å². The maximum absolute atomic E-state index is 12.6. The van der Waals surface area contributed by atoms with Gasteiger partial charge in [-0.3, -0.25) is 24.2 Å². The first kappa shape index (κ1) is 16.9. The van der Waals surface area contributed by atoms with E-state index in [1.54, 1.807) is 18.2 Å². The Kier molecular flexibility index (Phi) is 4.56. The molecule has 1 unspecified atom stereocenters. The average Bonchev–Trinajstić information content (AvgIpc) is 3.15. The summed E-state index contributed by atoms with van der Waals surface area (Å²) >= 11 is 0. The van der Waals surface area contributed by atoms with Crippen LogP contribution in [0.3, 0.4) is 0 Å². The van der Waals surface area contributed by atoms with Crippen LogP contribution in [-0.2, 0) is 4.74 Å². The van der Waals surface area contributed by atoms with Crippen LogP contribution >= 0.6 is 0 Å². The Morgan fingerprint density at radius 3 is 2.77 bits per heavy atom. The zero-order valence-electron chi connectivity index (χ0n) is 14.4. The molecule has 2 aromatic rings. The molecule has 1 atom stereocenters. The fourth-order valence-corrected chi connectivity index (χ4v) is 3.67. The number of hydrogen-bond donors (Lipinski definition) is 0. The Balaban J connectivity index is 1.58. The van der Waals surface area contributed by atoms with Gasteiger partial charge in [-0.2, -0.15) is 0 Å².